The predicted octanol–water partition coefficient (Wildman–Crippen LogP) is 5.32. The van der Waals surface area contributed by atoms with E-state index in [4.69, 9.17) is 4.98 Å². The molecule has 0 atom stereocenters. The largest absolute Gasteiger partial charge is 0.305 e. The summed E-state index contributed by atoms with van der Waals surface area (Å²) in [5.41, 5.74) is 1.26. The van der Waals surface area contributed by atoms with E-state index in [2.05, 4.69) is 34.6 Å². The smallest absolute Gasteiger partial charge is 0.260 e. The van der Waals surface area contributed by atoms with E-state index in [0.29, 0.717) is 5.82 Å². The van der Waals surface area contributed by atoms with Gasteiger partial charge in [0.05, 0.1) is 10.3 Å². The molecule has 0 bridgehead atoms. The number of aromatic nitrogens is 2. The number of nitrogens with zero attached hydrogens (tertiary/aromatic N) is 1. The third-order valence-corrected chi connectivity index (χ3v) is 7.77. The zero-order valence-electron chi connectivity index (χ0n) is 12.8. The van der Waals surface area contributed by atoms with Crippen LogP contribution in [0.15, 0.2) is 34.4 Å². The van der Waals surface area contributed by atoms with Gasteiger partial charge >= 0.3 is 0 Å². The van der Waals surface area contributed by atoms with Crippen LogP contribution in [0.5, 0.6) is 0 Å². The summed E-state index contributed by atoms with van der Waals surface area (Å²) in [6.45, 7) is 0. The molecule has 5 rings (SSSR count). The van der Waals surface area contributed by atoms with Crippen molar-refractivity contribution < 1.29 is 0 Å². The van der Waals surface area contributed by atoms with Gasteiger partial charge in [0.2, 0.25) is 0 Å². The Bertz CT molecular complexity index is 1090. The highest BCUT2D eigenvalue weighted by molar-refractivity contribution is 7.23. The highest BCUT2D eigenvalue weighted by Gasteiger charge is 2.20. The number of fused-ring (bicyclic) bond motifs is 3. The van der Waals surface area contributed by atoms with Crippen molar-refractivity contribution in [2.24, 2.45) is 0 Å². The zero-order valence-corrected chi connectivity index (χ0v) is 15.2. The number of nitrogens with one attached hydrogen (secondary N) is 1. The lowest BCUT2D eigenvalue weighted by molar-refractivity contribution is 0.700. The number of hydrogen-bond donors (Lipinski definition) is 1. The highest BCUT2D eigenvalue weighted by Crippen LogP contribution is 2.37. The molecule has 3 nitrogen and oxygen atoms in total. The Morgan fingerprint density at radius 1 is 1.00 bits per heavy atom. The average Bonchev–Trinajstić information content (AvgIpc) is 3.32. The van der Waals surface area contributed by atoms with Crippen LogP contribution in [0.1, 0.15) is 23.3 Å². The summed E-state index contributed by atoms with van der Waals surface area (Å²) in [7, 11) is 0. The van der Waals surface area contributed by atoms with E-state index in [1.807, 2.05) is 0 Å². The summed E-state index contributed by atoms with van der Waals surface area (Å²) in [5, 5.41) is 2.91. The van der Waals surface area contributed by atoms with Gasteiger partial charge in [-0.15, -0.1) is 34.0 Å². The molecule has 0 saturated carbocycles. The van der Waals surface area contributed by atoms with Crippen LogP contribution in [-0.2, 0) is 12.8 Å². The fourth-order valence-corrected chi connectivity index (χ4v) is 6.34. The van der Waals surface area contributed by atoms with E-state index in [-0.39, 0.29) is 5.56 Å². The van der Waals surface area contributed by atoms with Crippen LogP contribution in [0.25, 0.3) is 30.7 Å². The van der Waals surface area contributed by atoms with Crippen LogP contribution in [0.2, 0.25) is 0 Å². The fourth-order valence-electron chi connectivity index (χ4n) is 3.30. The number of rotatable bonds is 2. The van der Waals surface area contributed by atoms with Crippen LogP contribution in [0, 0.1) is 0 Å². The predicted molar refractivity (Wildman–Crippen MR) is 104 cm³/mol. The molecule has 6 heteroatoms. The normalized spacial score (nSPS) is 14.2. The van der Waals surface area contributed by atoms with Crippen LogP contribution in [-0.4, -0.2) is 9.97 Å². The van der Waals surface area contributed by atoms with E-state index >= 15 is 0 Å². The van der Waals surface area contributed by atoms with Crippen LogP contribution in [0.3, 0.4) is 0 Å². The summed E-state index contributed by atoms with van der Waals surface area (Å²) >= 11 is 5.11. The van der Waals surface area contributed by atoms with E-state index in [1.54, 1.807) is 34.0 Å². The first kappa shape index (κ1) is 14.6. The minimum atomic E-state index is 0.0143. The first-order valence-corrected chi connectivity index (χ1v) is 10.5. The van der Waals surface area contributed by atoms with Gasteiger partial charge in [-0.25, -0.2) is 4.98 Å². The monoisotopic (exact) mass is 370 g/mol. The maximum atomic E-state index is 12.7. The van der Waals surface area contributed by atoms with Gasteiger partial charge in [-0.3, -0.25) is 4.79 Å². The van der Waals surface area contributed by atoms with Gasteiger partial charge in [0, 0.05) is 14.6 Å². The Morgan fingerprint density at radius 3 is 2.75 bits per heavy atom. The van der Waals surface area contributed by atoms with Crippen LogP contribution < -0.4 is 5.56 Å². The lowest BCUT2D eigenvalue weighted by Crippen LogP contribution is -2.10. The molecule has 24 heavy (non-hydrogen) atoms. The quantitative estimate of drug-likeness (QED) is 0.519. The molecule has 0 spiro atoms. The number of hydrogen-bond acceptors (Lipinski definition) is 5. The maximum absolute atomic E-state index is 12.7. The van der Waals surface area contributed by atoms with Crippen molar-refractivity contribution in [1.82, 2.24) is 9.97 Å². The summed E-state index contributed by atoms with van der Waals surface area (Å²) in [4.78, 5) is 26.2. The van der Waals surface area contributed by atoms with Crippen molar-refractivity contribution >= 4 is 44.2 Å². The minimum Gasteiger partial charge on any atom is -0.305 e. The zero-order chi connectivity index (χ0) is 16.1. The van der Waals surface area contributed by atoms with E-state index < -0.39 is 0 Å². The van der Waals surface area contributed by atoms with Gasteiger partial charge in [-0.1, -0.05) is 6.07 Å². The molecule has 120 valence electrons. The second-order valence-electron chi connectivity index (χ2n) is 5.95. The molecule has 1 aliphatic rings. The lowest BCUT2D eigenvalue weighted by atomic mass is 9.97. The summed E-state index contributed by atoms with van der Waals surface area (Å²) in [6.07, 6.45) is 4.50. The first-order valence-electron chi connectivity index (χ1n) is 7.98. The number of aromatic amines is 1. The van der Waals surface area contributed by atoms with Gasteiger partial charge in [-0.2, -0.15) is 0 Å². The van der Waals surface area contributed by atoms with Gasteiger partial charge in [0.15, 0.2) is 5.82 Å². The number of aryl methyl sites for hydroxylation is 2. The molecule has 1 N–H and O–H groups in total. The second-order valence-corrected chi connectivity index (χ2v) is 9.06. The van der Waals surface area contributed by atoms with Crippen molar-refractivity contribution in [2.75, 3.05) is 0 Å². The van der Waals surface area contributed by atoms with Gasteiger partial charge < -0.3 is 4.98 Å². The van der Waals surface area contributed by atoms with Gasteiger partial charge in [0.25, 0.3) is 5.56 Å². The van der Waals surface area contributed by atoms with Gasteiger partial charge in [-0.05, 0) is 54.8 Å². The van der Waals surface area contributed by atoms with Crippen molar-refractivity contribution in [2.45, 2.75) is 25.7 Å². The molecule has 4 heterocycles. The molecule has 0 aliphatic heterocycles. The Hall–Kier alpha value is -1.76. The molecule has 0 fully saturated rings. The van der Waals surface area contributed by atoms with E-state index in [9.17, 15) is 4.79 Å². The molecule has 4 aromatic heterocycles. The minimum absolute atomic E-state index is 0.0143. The maximum Gasteiger partial charge on any atom is 0.260 e. The summed E-state index contributed by atoms with van der Waals surface area (Å²) < 4.78 is 0. The van der Waals surface area contributed by atoms with Crippen LogP contribution >= 0.6 is 34.0 Å². The number of thiophene rings is 3. The summed E-state index contributed by atoms with van der Waals surface area (Å²) in [6, 6.07) is 8.33. The molecule has 0 aromatic carbocycles. The fraction of sp³-hybridized carbons (Fsp3) is 0.222. The Balaban J connectivity index is 1.64. The Kier molecular flexibility index (Phi) is 3.43. The topological polar surface area (TPSA) is 45.8 Å². The SMILES string of the molecule is O=c1[nH]c(-c2ccc(-c3cccs3)s2)nc2sc3c(c12)CCCC3. The van der Waals surface area contributed by atoms with Gasteiger partial charge in [0.1, 0.15) is 4.83 Å². The molecular weight excluding hydrogens is 356 g/mol. The van der Waals surface area contributed by atoms with Crippen molar-refractivity contribution in [3.05, 3.63) is 50.4 Å². The molecule has 4 aromatic rings. The first-order chi connectivity index (χ1) is 11.8. The van der Waals surface area contributed by atoms with Crippen molar-refractivity contribution in [1.29, 1.82) is 0 Å². The second kappa shape index (κ2) is 5.65. The third kappa shape index (κ3) is 2.29. The third-order valence-electron chi connectivity index (χ3n) is 4.43. The molecular formula is C18H14N2OS3. The molecule has 0 saturated heterocycles. The Morgan fingerprint density at radius 2 is 1.88 bits per heavy atom. The highest BCUT2D eigenvalue weighted by atomic mass is 32.1. The van der Waals surface area contributed by atoms with Crippen molar-refractivity contribution in [3.63, 3.8) is 0 Å². The summed E-state index contributed by atoms with van der Waals surface area (Å²) in [5.74, 6) is 0.693. The Labute approximate surface area is 150 Å². The lowest BCUT2D eigenvalue weighted by Gasteiger charge is -2.09. The average molecular weight is 371 g/mol. The van der Waals surface area contributed by atoms with Crippen molar-refractivity contribution in [3.8, 4) is 20.5 Å². The molecule has 0 unspecified atom stereocenters. The van der Waals surface area contributed by atoms with Crippen LogP contribution in [0.4, 0.5) is 0 Å². The van der Waals surface area contributed by atoms with E-state index in [1.165, 1.54) is 33.0 Å². The standard InChI is InChI=1S/C18H14N2OS3/c21-17-15-10-4-1-2-5-11(10)24-18(15)20-16(19-17)14-8-7-13(23-14)12-6-3-9-22-12/h3,6-9H,1-2,4-5H2,(H,19,20,21). The molecule has 0 radical (unpaired) electrons. The molecule has 0 amide bonds. The van der Waals surface area contributed by atoms with E-state index in [0.717, 1.165) is 27.9 Å². The number of H-pyrrole nitrogens is 1. The molecule has 1 aliphatic carbocycles.